The lowest BCUT2D eigenvalue weighted by Crippen LogP contribution is -2.56. The number of nitrogens with zero attached hydrogens (tertiary/aromatic N) is 8. The number of piperazine rings is 4. The van der Waals surface area contributed by atoms with Crippen LogP contribution in [0.15, 0.2) is 0 Å². The van der Waals surface area contributed by atoms with E-state index in [0.717, 1.165) is 72.0 Å². The molecule has 8 saturated heterocycles. The van der Waals surface area contributed by atoms with Gasteiger partial charge in [0, 0.05) is 127 Å². The summed E-state index contributed by atoms with van der Waals surface area (Å²) in [6.07, 6.45) is 14.3. The molecule has 8 aliphatic rings. The van der Waals surface area contributed by atoms with Crippen molar-refractivity contribution in [2.75, 3.05) is 105 Å². The third-order valence-corrected chi connectivity index (χ3v) is 13.9. The van der Waals surface area contributed by atoms with E-state index in [9.17, 15) is 0 Å². The zero-order chi connectivity index (χ0) is 49.9. The largest absolute Gasteiger partial charge is 0.298 e. The van der Waals surface area contributed by atoms with Gasteiger partial charge in [-0.2, -0.15) is 0 Å². The van der Waals surface area contributed by atoms with Gasteiger partial charge in [0.1, 0.15) is 0 Å². The van der Waals surface area contributed by atoms with Gasteiger partial charge in [-0.1, -0.05) is 95.9 Å². The average Bonchev–Trinajstić information content (AvgIpc) is 3.93. The monoisotopic (exact) mass is 933 g/mol. The summed E-state index contributed by atoms with van der Waals surface area (Å²) in [5.74, 6) is 3.33. The van der Waals surface area contributed by atoms with Crippen molar-refractivity contribution in [2.45, 2.75) is 251 Å². The summed E-state index contributed by atoms with van der Waals surface area (Å²) >= 11 is 0. The van der Waals surface area contributed by atoms with Crippen molar-refractivity contribution in [2.24, 2.45) is 23.7 Å². The quantitative estimate of drug-likeness (QED) is 0.275. The number of rotatable bonds is 4. The zero-order valence-corrected chi connectivity index (χ0v) is 48.9. The third-order valence-electron chi connectivity index (χ3n) is 13.9. The van der Waals surface area contributed by atoms with Crippen LogP contribution in [0.25, 0.3) is 0 Å². The van der Waals surface area contributed by atoms with E-state index in [4.69, 9.17) is 0 Å². The molecule has 0 radical (unpaired) electrons. The van der Waals surface area contributed by atoms with Crippen LogP contribution in [0.1, 0.15) is 203 Å². The Kier molecular flexibility index (Phi) is 34.5. The summed E-state index contributed by atoms with van der Waals surface area (Å²) in [6.45, 7) is 65.6. The molecule has 0 aromatic carbocycles. The fourth-order valence-electron chi connectivity index (χ4n) is 10.3. The highest BCUT2D eigenvalue weighted by molar-refractivity contribution is 4.90. The predicted molar refractivity (Wildman–Crippen MR) is 296 cm³/mol. The van der Waals surface area contributed by atoms with Gasteiger partial charge < -0.3 is 0 Å². The summed E-state index contributed by atoms with van der Waals surface area (Å²) in [5.41, 5.74) is 0. The summed E-state index contributed by atoms with van der Waals surface area (Å²) in [5, 5.41) is 0. The second kappa shape index (κ2) is 35.7. The Morgan fingerprint density at radius 3 is 0.606 bits per heavy atom. The maximum Gasteiger partial charge on any atom is 0.0224 e. The Morgan fingerprint density at radius 2 is 0.409 bits per heavy atom. The molecule has 8 heteroatoms. The van der Waals surface area contributed by atoms with E-state index in [2.05, 4.69) is 178 Å². The summed E-state index contributed by atoms with van der Waals surface area (Å²) in [6, 6.07) is 6.51. The molecule has 8 nitrogen and oxygen atoms in total. The van der Waals surface area contributed by atoms with Crippen molar-refractivity contribution in [1.29, 1.82) is 0 Å². The summed E-state index contributed by atoms with van der Waals surface area (Å²) in [7, 11) is 0. The molecule has 0 aromatic rings. The molecular formula is C58H124N8. The first-order valence-electron chi connectivity index (χ1n) is 28.9. The van der Waals surface area contributed by atoms with E-state index in [1.807, 2.05) is 0 Å². The van der Waals surface area contributed by atoms with E-state index in [-0.39, 0.29) is 0 Å². The molecule has 8 fully saturated rings. The molecule has 0 unspecified atom stereocenters. The molecular weight excluding hydrogens is 809 g/mol. The summed E-state index contributed by atoms with van der Waals surface area (Å²) < 4.78 is 0. The second-order valence-electron chi connectivity index (χ2n) is 25.3. The third kappa shape index (κ3) is 28.5. The van der Waals surface area contributed by atoms with Crippen LogP contribution in [0.2, 0.25) is 0 Å². The molecule has 0 bridgehead atoms. The fourth-order valence-corrected chi connectivity index (χ4v) is 10.3. The normalized spacial score (nSPS) is 26.7. The molecule has 0 amide bonds. The number of piperidine rings is 2. The lowest BCUT2D eigenvalue weighted by molar-refractivity contribution is 0.0348. The van der Waals surface area contributed by atoms with Gasteiger partial charge in [-0.05, 0) is 157 Å². The van der Waals surface area contributed by atoms with E-state index >= 15 is 0 Å². The van der Waals surface area contributed by atoms with Crippen LogP contribution in [0.4, 0.5) is 0 Å². The molecule has 0 aromatic heterocycles. The van der Waals surface area contributed by atoms with Gasteiger partial charge in [-0.25, -0.2) is 0 Å². The highest BCUT2D eigenvalue weighted by Gasteiger charge is 2.33. The minimum absolute atomic E-state index is 0.740. The highest BCUT2D eigenvalue weighted by Crippen LogP contribution is 2.25. The predicted octanol–water partition coefficient (Wildman–Crippen LogP) is 12.1. The van der Waals surface area contributed by atoms with Crippen molar-refractivity contribution in [1.82, 2.24) is 39.2 Å². The highest BCUT2D eigenvalue weighted by atomic mass is 15.3. The Labute approximate surface area is 417 Å². The van der Waals surface area contributed by atoms with E-state index in [0.29, 0.717) is 0 Å². The SMILES string of the molecule is CC(C)C.CC(C)C.CC(C)C.CC(C)C.CC(C)N1CCN2CCCC[C@@H]2C1.CC(C)N1CCN2CCCC[C@H]2C1.CC(C)N1CCN2CCC[C@@H]2C1.CC(C)N1CCN2CCC[C@H]2C1. The van der Waals surface area contributed by atoms with Crippen molar-refractivity contribution < 1.29 is 0 Å². The van der Waals surface area contributed by atoms with Crippen LogP contribution >= 0.6 is 0 Å². The standard InChI is InChI=1S/2C11H22N2.2C10H20N2.4C4H10/c2*1-10(2)13-8-7-12-6-4-3-5-11(12)9-13;2*1-9(2)12-7-6-11-5-3-4-10(11)8-12;4*1-4(2)3/h2*10-11H,3-9H2,1-2H3;2*9-10H,3-8H2,1-2H3;4*4H,1-3H3/t2*11-;2*10-;;;;/m1010..../s1. The Morgan fingerprint density at radius 1 is 0.227 bits per heavy atom. The Hall–Kier alpha value is -0.320. The first-order valence-corrected chi connectivity index (χ1v) is 28.9. The zero-order valence-electron chi connectivity index (χ0n) is 48.9. The van der Waals surface area contributed by atoms with Crippen molar-refractivity contribution in [3.8, 4) is 0 Å². The second-order valence-corrected chi connectivity index (χ2v) is 25.3. The van der Waals surface area contributed by atoms with Crippen molar-refractivity contribution >= 4 is 0 Å². The fraction of sp³-hybridized carbons (Fsp3) is 1.00. The molecule has 8 heterocycles. The molecule has 0 spiro atoms. The minimum Gasteiger partial charge on any atom is -0.298 e. The number of fused-ring (bicyclic) bond motifs is 4. The molecule has 66 heavy (non-hydrogen) atoms. The van der Waals surface area contributed by atoms with E-state index in [1.54, 1.807) is 0 Å². The van der Waals surface area contributed by atoms with Crippen molar-refractivity contribution in [3.05, 3.63) is 0 Å². The van der Waals surface area contributed by atoms with Crippen molar-refractivity contribution in [3.63, 3.8) is 0 Å². The van der Waals surface area contributed by atoms with E-state index < -0.39 is 0 Å². The number of hydrogen-bond donors (Lipinski definition) is 0. The first kappa shape index (κ1) is 63.7. The minimum atomic E-state index is 0.740. The van der Waals surface area contributed by atoms with Gasteiger partial charge in [-0.15, -0.1) is 0 Å². The molecule has 396 valence electrons. The first-order chi connectivity index (χ1) is 31.0. The van der Waals surface area contributed by atoms with Crippen LogP contribution < -0.4 is 0 Å². The maximum atomic E-state index is 2.70. The van der Waals surface area contributed by atoms with Gasteiger partial charge in [0.15, 0.2) is 0 Å². The van der Waals surface area contributed by atoms with Gasteiger partial charge >= 0.3 is 0 Å². The molecule has 0 N–H and O–H groups in total. The average molecular weight is 934 g/mol. The Balaban J connectivity index is 0.000000397. The topological polar surface area (TPSA) is 25.9 Å². The Bertz CT molecular complexity index is 1020. The van der Waals surface area contributed by atoms with Crippen LogP contribution in [0, 0.1) is 23.7 Å². The maximum absolute atomic E-state index is 2.70. The lowest BCUT2D eigenvalue weighted by Gasteiger charge is -2.45. The smallest absolute Gasteiger partial charge is 0.0224 e. The molecule has 8 rings (SSSR count). The molecule has 4 atom stereocenters. The summed E-state index contributed by atoms with van der Waals surface area (Å²) in [4.78, 5) is 21.2. The molecule has 8 aliphatic heterocycles. The lowest BCUT2D eigenvalue weighted by atomic mass is 9.99. The van der Waals surface area contributed by atoms with Crippen LogP contribution in [0.3, 0.4) is 0 Å². The number of hydrogen-bond acceptors (Lipinski definition) is 8. The molecule has 0 saturated carbocycles. The van der Waals surface area contributed by atoms with Crippen LogP contribution in [0.5, 0.6) is 0 Å². The van der Waals surface area contributed by atoms with Gasteiger partial charge in [-0.3, -0.25) is 39.2 Å². The van der Waals surface area contributed by atoms with E-state index in [1.165, 1.54) is 169 Å². The van der Waals surface area contributed by atoms with Gasteiger partial charge in [0.05, 0.1) is 0 Å². The van der Waals surface area contributed by atoms with Gasteiger partial charge in [0.25, 0.3) is 0 Å². The van der Waals surface area contributed by atoms with Crippen LogP contribution in [-0.4, -0.2) is 192 Å². The molecule has 0 aliphatic carbocycles. The van der Waals surface area contributed by atoms with Gasteiger partial charge in [0.2, 0.25) is 0 Å². The van der Waals surface area contributed by atoms with Crippen LogP contribution in [-0.2, 0) is 0 Å².